The van der Waals surface area contributed by atoms with E-state index in [1.54, 1.807) is 11.3 Å². The van der Waals surface area contributed by atoms with Crippen molar-refractivity contribution in [3.05, 3.63) is 51.2 Å². The molecule has 4 rings (SSSR count). The Hall–Kier alpha value is -2.18. The molecule has 1 saturated heterocycles. The number of amides is 2. The molecule has 2 amide bonds. The first-order valence-corrected chi connectivity index (χ1v) is 14.2. The van der Waals surface area contributed by atoms with E-state index in [2.05, 4.69) is 48.4 Å². The molecule has 1 aliphatic heterocycles. The molecule has 1 aromatic carbocycles. The third kappa shape index (κ3) is 7.40. The lowest BCUT2D eigenvalue weighted by Gasteiger charge is -2.32. The number of carbonyl (C=O) groups is 2. The first-order chi connectivity index (χ1) is 16.9. The van der Waals surface area contributed by atoms with Crippen LogP contribution < -0.4 is 10.6 Å². The van der Waals surface area contributed by atoms with Crippen molar-refractivity contribution in [2.75, 3.05) is 18.4 Å². The normalized spacial score (nSPS) is 18.1. The van der Waals surface area contributed by atoms with Crippen molar-refractivity contribution in [3.63, 3.8) is 0 Å². The lowest BCUT2D eigenvalue weighted by molar-refractivity contribution is -0.127. The number of benzene rings is 1. The van der Waals surface area contributed by atoms with E-state index in [0.29, 0.717) is 12.0 Å². The van der Waals surface area contributed by atoms with Crippen molar-refractivity contribution in [2.24, 2.45) is 11.8 Å². The summed E-state index contributed by atoms with van der Waals surface area (Å²) in [6.07, 6.45) is 8.93. The standard InChI is InChI=1S/C29H41N3O2S/c1-20(2)16-24-18-27(35-21(24)3)29(34)31-26-11-7-8-22(17-26)19-32-14-12-23(13-15-32)28(33)30-25-9-5-4-6-10-25/h7-8,11,17-18,20,23,25H,4-6,9-10,12-16,19H2,1-3H3,(H,30,33)(H,31,34). The number of carbonyl (C=O) groups excluding carboxylic acids is 2. The fourth-order valence-electron chi connectivity index (χ4n) is 5.39. The second-order valence-electron chi connectivity index (χ2n) is 10.8. The van der Waals surface area contributed by atoms with Crippen LogP contribution in [-0.4, -0.2) is 35.8 Å². The van der Waals surface area contributed by atoms with Crippen LogP contribution in [0.4, 0.5) is 5.69 Å². The monoisotopic (exact) mass is 495 g/mol. The average Bonchev–Trinajstić information content (AvgIpc) is 3.20. The summed E-state index contributed by atoms with van der Waals surface area (Å²) in [5, 5.41) is 6.40. The number of hydrogen-bond acceptors (Lipinski definition) is 4. The SMILES string of the molecule is Cc1sc(C(=O)Nc2cccc(CN3CCC(C(=O)NC4CCCCC4)CC3)c2)cc1CC(C)C. The predicted molar refractivity (Wildman–Crippen MR) is 145 cm³/mol. The zero-order chi connectivity index (χ0) is 24.8. The van der Waals surface area contributed by atoms with Crippen LogP contribution in [-0.2, 0) is 17.8 Å². The number of piperidine rings is 1. The van der Waals surface area contributed by atoms with Crippen LogP contribution in [0.5, 0.6) is 0 Å². The Morgan fingerprint density at radius 2 is 1.80 bits per heavy atom. The summed E-state index contributed by atoms with van der Waals surface area (Å²) in [6, 6.07) is 10.6. The predicted octanol–water partition coefficient (Wildman–Crippen LogP) is 6.17. The summed E-state index contributed by atoms with van der Waals surface area (Å²) >= 11 is 1.58. The number of thiophene rings is 1. The topological polar surface area (TPSA) is 61.4 Å². The zero-order valence-electron chi connectivity index (χ0n) is 21.6. The summed E-state index contributed by atoms with van der Waals surface area (Å²) in [5.41, 5.74) is 3.31. The van der Waals surface area contributed by atoms with Gasteiger partial charge in [-0.1, -0.05) is 45.2 Å². The molecule has 2 aliphatic rings. The van der Waals surface area contributed by atoms with Crippen molar-refractivity contribution in [2.45, 2.75) is 84.7 Å². The Bertz CT molecular complexity index is 1000. The molecule has 190 valence electrons. The quantitative estimate of drug-likeness (QED) is 0.460. The Labute approximate surface area is 214 Å². The lowest BCUT2D eigenvalue weighted by atomic mass is 9.92. The van der Waals surface area contributed by atoms with Crippen molar-refractivity contribution in [1.82, 2.24) is 10.2 Å². The maximum Gasteiger partial charge on any atom is 0.265 e. The van der Waals surface area contributed by atoms with Crippen molar-refractivity contribution in [3.8, 4) is 0 Å². The van der Waals surface area contributed by atoms with Gasteiger partial charge in [0.2, 0.25) is 5.91 Å². The highest BCUT2D eigenvalue weighted by atomic mass is 32.1. The van der Waals surface area contributed by atoms with Crippen LogP contribution >= 0.6 is 11.3 Å². The molecule has 2 N–H and O–H groups in total. The Balaban J connectivity index is 1.26. The van der Waals surface area contributed by atoms with E-state index in [4.69, 9.17) is 0 Å². The van der Waals surface area contributed by atoms with Gasteiger partial charge in [0.05, 0.1) is 4.88 Å². The second kappa shape index (κ2) is 12.2. The van der Waals surface area contributed by atoms with Crippen LogP contribution in [0.2, 0.25) is 0 Å². The molecule has 2 heterocycles. The van der Waals surface area contributed by atoms with Crippen LogP contribution in [0.25, 0.3) is 0 Å². The fourth-order valence-corrected chi connectivity index (χ4v) is 6.34. The molecule has 0 unspecified atom stereocenters. The van der Waals surface area contributed by atoms with Crippen LogP contribution in [0.1, 0.15) is 84.5 Å². The first kappa shape index (κ1) is 25.9. The van der Waals surface area contributed by atoms with E-state index >= 15 is 0 Å². The molecule has 35 heavy (non-hydrogen) atoms. The largest absolute Gasteiger partial charge is 0.353 e. The molecule has 5 nitrogen and oxygen atoms in total. The molecule has 0 atom stereocenters. The number of likely N-dealkylation sites (tertiary alicyclic amines) is 1. The molecule has 0 spiro atoms. The number of nitrogens with one attached hydrogen (secondary N) is 2. The second-order valence-corrected chi connectivity index (χ2v) is 12.1. The number of nitrogens with zero attached hydrogens (tertiary/aromatic N) is 1. The summed E-state index contributed by atoms with van der Waals surface area (Å²) in [4.78, 5) is 30.0. The molecule has 2 aromatic rings. The third-order valence-corrected chi connectivity index (χ3v) is 8.47. The van der Waals surface area contributed by atoms with Gasteiger partial charge in [-0.05, 0) is 87.4 Å². The molecular weight excluding hydrogens is 454 g/mol. The first-order valence-electron chi connectivity index (χ1n) is 13.4. The summed E-state index contributed by atoms with van der Waals surface area (Å²) in [6.45, 7) is 9.23. The minimum atomic E-state index is -0.0324. The van der Waals surface area contributed by atoms with Gasteiger partial charge >= 0.3 is 0 Å². The summed E-state index contributed by atoms with van der Waals surface area (Å²) in [5.74, 6) is 0.956. The van der Waals surface area contributed by atoms with Gasteiger partial charge in [-0.25, -0.2) is 0 Å². The van der Waals surface area contributed by atoms with Crippen molar-refractivity contribution in [1.29, 1.82) is 0 Å². The lowest BCUT2D eigenvalue weighted by Crippen LogP contribution is -2.44. The number of hydrogen-bond donors (Lipinski definition) is 2. The zero-order valence-corrected chi connectivity index (χ0v) is 22.4. The molecule has 1 saturated carbocycles. The minimum absolute atomic E-state index is 0.0324. The highest BCUT2D eigenvalue weighted by Crippen LogP contribution is 2.26. The van der Waals surface area contributed by atoms with Crippen LogP contribution in [0.15, 0.2) is 30.3 Å². The van der Waals surface area contributed by atoms with Gasteiger partial charge in [-0.3, -0.25) is 14.5 Å². The van der Waals surface area contributed by atoms with Gasteiger partial charge in [0.25, 0.3) is 5.91 Å². The Kier molecular flexibility index (Phi) is 9.01. The number of rotatable bonds is 8. The number of aryl methyl sites for hydroxylation is 1. The molecule has 2 fully saturated rings. The van der Waals surface area contributed by atoms with E-state index in [9.17, 15) is 9.59 Å². The van der Waals surface area contributed by atoms with E-state index in [-0.39, 0.29) is 17.7 Å². The van der Waals surface area contributed by atoms with Crippen molar-refractivity contribution >= 4 is 28.8 Å². The van der Waals surface area contributed by atoms with E-state index in [1.165, 1.54) is 35.3 Å². The molecule has 0 radical (unpaired) electrons. The van der Waals surface area contributed by atoms with Crippen LogP contribution in [0.3, 0.4) is 0 Å². The van der Waals surface area contributed by atoms with E-state index < -0.39 is 0 Å². The molecule has 1 aromatic heterocycles. The number of anilines is 1. The van der Waals surface area contributed by atoms with Gasteiger partial charge in [0.1, 0.15) is 0 Å². The molecule has 1 aliphatic carbocycles. The van der Waals surface area contributed by atoms with E-state index in [0.717, 1.165) is 62.3 Å². The highest BCUT2D eigenvalue weighted by Gasteiger charge is 2.27. The van der Waals surface area contributed by atoms with Gasteiger partial charge < -0.3 is 10.6 Å². The molecular formula is C29H41N3O2S. The highest BCUT2D eigenvalue weighted by molar-refractivity contribution is 7.14. The maximum absolute atomic E-state index is 12.9. The van der Waals surface area contributed by atoms with E-state index in [1.807, 2.05) is 18.2 Å². The Morgan fingerprint density at radius 3 is 2.51 bits per heavy atom. The summed E-state index contributed by atoms with van der Waals surface area (Å²) in [7, 11) is 0. The molecule has 0 bridgehead atoms. The maximum atomic E-state index is 12.9. The third-order valence-electron chi connectivity index (χ3n) is 7.37. The molecule has 6 heteroatoms. The van der Waals surface area contributed by atoms with Gasteiger partial charge in [-0.2, -0.15) is 0 Å². The van der Waals surface area contributed by atoms with Gasteiger partial charge in [-0.15, -0.1) is 11.3 Å². The fraction of sp³-hybridized carbons (Fsp3) is 0.586. The van der Waals surface area contributed by atoms with Crippen molar-refractivity contribution < 1.29 is 9.59 Å². The average molecular weight is 496 g/mol. The smallest absolute Gasteiger partial charge is 0.265 e. The van der Waals surface area contributed by atoms with Crippen LogP contribution in [0, 0.1) is 18.8 Å². The van der Waals surface area contributed by atoms with Gasteiger partial charge in [0, 0.05) is 29.1 Å². The van der Waals surface area contributed by atoms with Gasteiger partial charge in [0.15, 0.2) is 0 Å². The Morgan fingerprint density at radius 1 is 1.06 bits per heavy atom. The summed E-state index contributed by atoms with van der Waals surface area (Å²) < 4.78 is 0. The minimum Gasteiger partial charge on any atom is -0.353 e.